The van der Waals surface area contributed by atoms with Gasteiger partial charge in [-0.15, -0.1) is 30.7 Å². The average Bonchev–Trinajstić information content (AvgIpc) is 2.65. The maximum Gasteiger partial charge on any atom is 0.294 e. The van der Waals surface area contributed by atoms with E-state index in [-0.39, 0.29) is 25.9 Å². The third kappa shape index (κ3) is 8.07. The summed E-state index contributed by atoms with van der Waals surface area (Å²) in [6, 6.07) is 0. The molecule has 10 heteroatoms. The first kappa shape index (κ1) is 29.0. The van der Waals surface area contributed by atoms with Crippen LogP contribution in [-0.4, -0.2) is 69.4 Å². The molecule has 0 N–H and O–H groups in total. The van der Waals surface area contributed by atoms with Gasteiger partial charge in [0.15, 0.2) is 6.10 Å². The Balaban J connectivity index is 2.59. The second-order valence-electron chi connectivity index (χ2n) is 11.3. The molecule has 2 radical (unpaired) electrons. The van der Waals surface area contributed by atoms with Gasteiger partial charge >= 0.3 is 0 Å². The van der Waals surface area contributed by atoms with E-state index in [4.69, 9.17) is 14.3 Å². The molecule has 1 saturated heterocycles. The van der Waals surface area contributed by atoms with Crippen LogP contribution in [0, 0.1) is 10.1 Å². The average molecular weight is 462 g/mol. The molecule has 0 aliphatic carbocycles. The van der Waals surface area contributed by atoms with Crippen LogP contribution in [0.5, 0.6) is 0 Å². The summed E-state index contributed by atoms with van der Waals surface area (Å²) in [5.74, 6) is 0. The first-order valence-electron chi connectivity index (χ1n) is 11.4. The lowest BCUT2D eigenvalue weighted by Crippen LogP contribution is -2.60. The lowest BCUT2D eigenvalue weighted by Gasteiger charge is -2.49. The van der Waals surface area contributed by atoms with E-state index < -0.39 is 33.3 Å². The minimum absolute atomic E-state index is 0.0173. The van der Waals surface area contributed by atoms with Crippen molar-refractivity contribution < 1.29 is 29.8 Å². The van der Waals surface area contributed by atoms with E-state index in [1.165, 1.54) is 0 Å². The SMILES string of the molecule is CCC(C)(C)N([O])C(C)(C)CCOCC(COC1CC(C)(C)N([O])C(C)(C)C1)O[N+](=O)[O-]. The van der Waals surface area contributed by atoms with Gasteiger partial charge in [0.1, 0.15) is 0 Å². The van der Waals surface area contributed by atoms with Gasteiger partial charge in [-0.1, -0.05) is 6.92 Å². The summed E-state index contributed by atoms with van der Waals surface area (Å²) >= 11 is 0. The smallest absolute Gasteiger partial charge is 0.294 e. The molecule has 0 saturated carbocycles. The number of hydrogen-bond donors (Lipinski definition) is 0. The fraction of sp³-hybridized carbons (Fsp3) is 1.00. The third-order valence-corrected chi connectivity index (χ3v) is 6.43. The number of ether oxygens (including phenoxy) is 2. The predicted octanol–water partition coefficient (Wildman–Crippen LogP) is 3.97. The van der Waals surface area contributed by atoms with Crippen molar-refractivity contribution in [1.82, 2.24) is 10.1 Å². The highest BCUT2D eigenvalue weighted by atomic mass is 17.0. The monoisotopic (exact) mass is 461 g/mol. The van der Waals surface area contributed by atoms with Gasteiger partial charge in [0.2, 0.25) is 0 Å². The third-order valence-electron chi connectivity index (χ3n) is 6.43. The highest BCUT2D eigenvalue weighted by Gasteiger charge is 2.46. The van der Waals surface area contributed by atoms with Crippen LogP contribution in [0.1, 0.15) is 88.0 Å². The molecule has 0 aromatic carbocycles. The van der Waals surface area contributed by atoms with Gasteiger partial charge in [-0.05, 0) is 81.1 Å². The Morgan fingerprint density at radius 3 is 2.09 bits per heavy atom. The molecule has 1 atom stereocenters. The van der Waals surface area contributed by atoms with Crippen molar-refractivity contribution in [3.63, 3.8) is 0 Å². The Morgan fingerprint density at radius 1 is 1.09 bits per heavy atom. The van der Waals surface area contributed by atoms with Gasteiger partial charge in [0.05, 0.1) is 19.3 Å². The standard InChI is InChI=1S/C22H43N3O7/c1-10-19(2,3)23(26)20(4,5)11-12-30-15-18(32-25(28)29)16-31-17-13-21(6,7)24(27)22(8,9)14-17/h17-18H,10-16H2,1-9H3. The highest BCUT2D eigenvalue weighted by molar-refractivity contribution is 4.96. The summed E-state index contributed by atoms with van der Waals surface area (Å²) in [5.41, 5.74) is -2.32. The summed E-state index contributed by atoms with van der Waals surface area (Å²) in [6.07, 6.45) is 1.12. The molecule has 10 nitrogen and oxygen atoms in total. The van der Waals surface area contributed by atoms with Crippen LogP contribution in [0.15, 0.2) is 0 Å². The van der Waals surface area contributed by atoms with Crippen molar-refractivity contribution >= 4 is 0 Å². The molecular weight excluding hydrogens is 418 g/mol. The summed E-state index contributed by atoms with van der Waals surface area (Å²) in [5, 5.41) is 37.5. The van der Waals surface area contributed by atoms with E-state index in [1.54, 1.807) is 0 Å². The van der Waals surface area contributed by atoms with Crippen molar-refractivity contribution in [1.29, 1.82) is 0 Å². The molecule has 1 fully saturated rings. The maximum absolute atomic E-state index is 12.7. The lowest BCUT2D eigenvalue weighted by atomic mass is 9.80. The van der Waals surface area contributed by atoms with Crippen molar-refractivity contribution in [3.05, 3.63) is 10.1 Å². The highest BCUT2D eigenvalue weighted by Crippen LogP contribution is 2.38. The van der Waals surface area contributed by atoms with Gasteiger partial charge in [0, 0.05) is 28.8 Å². The fourth-order valence-corrected chi connectivity index (χ4v) is 4.36. The molecule has 188 valence electrons. The van der Waals surface area contributed by atoms with Crippen molar-refractivity contribution in [2.24, 2.45) is 0 Å². The molecule has 32 heavy (non-hydrogen) atoms. The molecular formula is C22H43N3O7. The molecule has 0 amide bonds. The van der Waals surface area contributed by atoms with Gasteiger partial charge in [0.25, 0.3) is 5.09 Å². The van der Waals surface area contributed by atoms with Gasteiger partial charge in [-0.2, -0.15) is 0 Å². The minimum Gasteiger partial charge on any atom is -0.379 e. The van der Waals surface area contributed by atoms with Crippen molar-refractivity contribution in [2.45, 2.75) is 122 Å². The molecule has 0 aromatic heterocycles. The number of piperidine rings is 1. The molecule has 0 spiro atoms. The van der Waals surface area contributed by atoms with E-state index in [0.717, 1.165) is 16.5 Å². The van der Waals surface area contributed by atoms with Crippen molar-refractivity contribution in [2.75, 3.05) is 19.8 Å². The minimum atomic E-state index is -0.889. The van der Waals surface area contributed by atoms with Crippen LogP contribution >= 0.6 is 0 Å². The van der Waals surface area contributed by atoms with Crippen LogP contribution in [0.2, 0.25) is 0 Å². The Bertz CT molecular complexity index is 592. The van der Waals surface area contributed by atoms with Gasteiger partial charge < -0.3 is 14.3 Å². The summed E-state index contributed by atoms with van der Waals surface area (Å²) < 4.78 is 11.6. The first-order chi connectivity index (χ1) is 14.4. The van der Waals surface area contributed by atoms with Gasteiger partial charge in [-0.3, -0.25) is 0 Å². The second kappa shape index (κ2) is 10.9. The molecule has 1 aliphatic rings. The number of nitrogens with zero attached hydrogens (tertiary/aromatic N) is 3. The zero-order valence-corrected chi connectivity index (χ0v) is 21.3. The normalized spacial score (nSPS) is 21.0. The largest absolute Gasteiger partial charge is 0.379 e. The predicted molar refractivity (Wildman–Crippen MR) is 118 cm³/mol. The van der Waals surface area contributed by atoms with E-state index in [9.17, 15) is 20.5 Å². The molecule has 0 aromatic rings. The molecule has 1 heterocycles. The lowest BCUT2D eigenvalue weighted by molar-refractivity contribution is -0.769. The number of hydrogen-bond acceptors (Lipinski definition) is 7. The van der Waals surface area contributed by atoms with Crippen LogP contribution in [-0.2, 0) is 24.7 Å². The molecule has 0 bridgehead atoms. The maximum atomic E-state index is 12.7. The van der Waals surface area contributed by atoms with E-state index >= 15 is 0 Å². The van der Waals surface area contributed by atoms with E-state index in [0.29, 0.717) is 19.3 Å². The van der Waals surface area contributed by atoms with E-state index in [2.05, 4.69) is 0 Å². The van der Waals surface area contributed by atoms with E-state index in [1.807, 2.05) is 62.3 Å². The Hall–Kier alpha value is -1.04. The van der Waals surface area contributed by atoms with Crippen LogP contribution in [0.4, 0.5) is 0 Å². The first-order valence-corrected chi connectivity index (χ1v) is 11.4. The number of rotatable bonds is 13. The molecule has 1 unspecified atom stereocenters. The Morgan fingerprint density at radius 2 is 1.62 bits per heavy atom. The van der Waals surface area contributed by atoms with Crippen LogP contribution < -0.4 is 0 Å². The summed E-state index contributed by atoms with van der Waals surface area (Å²) in [4.78, 5) is 15.7. The Kier molecular flexibility index (Phi) is 9.90. The van der Waals surface area contributed by atoms with Crippen molar-refractivity contribution in [3.8, 4) is 0 Å². The topological polar surface area (TPSA) is 117 Å². The van der Waals surface area contributed by atoms with Gasteiger partial charge in [-0.25, -0.2) is 0 Å². The zero-order chi connectivity index (χ0) is 25.0. The summed E-state index contributed by atoms with van der Waals surface area (Å²) in [7, 11) is 0. The fourth-order valence-electron chi connectivity index (χ4n) is 4.36. The van der Waals surface area contributed by atoms with Crippen LogP contribution in [0.3, 0.4) is 0 Å². The molecule has 1 aliphatic heterocycles. The second-order valence-corrected chi connectivity index (χ2v) is 11.3. The number of hydroxylamine groups is 4. The Labute approximate surface area is 192 Å². The zero-order valence-electron chi connectivity index (χ0n) is 21.3. The van der Waals surface area contributed by atoms with Crippen LogP contribution in [0.25, 0.3) is 0 Å². The molecule has 1 rings (SSSR count). The quantitative estimate of drug-likeness (QED) is 0.231. The summed E-state index contributed by atoms with van der Waals surface area (Å²) in [6.45, 7) is 17.2.